The van der Waals surface area contributed by atoms with E-state index in [0.29, 0.717) is 13.1 Å². The average Bonchev–Trinajstić information content (AvgIpc) is 2.43. The van der Waals surface area contributed by atoms with E-state index in [-0.39, 0.29) is 12.1 Å². The maximum absolute atomic E-state index is 12.2. The molecule has 0 aromatic rings. The Balaban J connectivity index is 2.47. The maximum atomic E-state index is 12.2. The summed E-state index contributed by atoms with van der Waals surface area (Å²) in [5.74, 6) is 0. The monoisotopic (exact) mass is 282 g/mol. The quantitative estimate of drug-likeness (QED) is 0.717. The molecule has 114 valence electrons. The Kier molecular flexibility index (Phi) is 6.01. The highest BCUT2D eigenvalue weighted by Gasteiger charge is 2.26. The molecule has 1 fully saturated rings. The molecule has 0 N–H and O–H groups in total. The summed E-state index contributed by atoms with van der Waals surface area (Å²) < 4.78 is 0. The van der Waals surface area contributed by atoms with Crippen molar-refractivity contribution in [3.05, 3.63) is 11.6 Å². The van der Waals surface area contributed by atoms with E-state index in [0.717, 1.165) is 19.6 Å². The lowest BCUT2D eigenvalue weighted by atomic mass is 10.3. The molecule has 0 aromatic heterocycles. The smallest absolute Gasteiger partial charge is 0.327 e. The Bertz CT molecular complexity index is 381. The van der Waals surface area contributed by atoms with Gasteiger partial charge in [0.25, 0.3) is 0 Å². The van der Waals surface area contributed by atoms with Gasteiger partial charge >= 0.3 is 12.1 Å². The summed E-state index contributed by atoms with van der Waals surface area (Å²) in [6.45, 7) is 8.13. The van der Waals surface area contributed by atoms with Gasteiger partial charge in [0.2, 0.25) is 0 Å². The van der Waals surface area contributed by atoms with Gasteiger partial charge in [-0.1, -0.05) is 11.6 Å². The summed E-state index contributed by atoms with van der Waals surface area (Å²) in [5.41, 5.74) is 1.31. The van der Waals surface area contributed by atoms with Crippen molar-refractivity contribution in [2.24, 2.45) is 0 Å². The number of imide groups is 1. The molecule has 1 aliphatic rings. The zero-order valence-corrected chi connectivity index (χ0v) is 13.2. The summed E-state index contributed by atoms with van der Waals surface area (Å²) >= 11 is 0. The zero-order chi connectivity index (χ0) is 15.3. The van der Waals surface area contributed by atoms with Crippen LogP contribution in [0.4, 0.5) is 9.59 Å². The molecule has 1 saturated heterocycles. The highest BCUT2D eigenvalue weighted by molar-refractivity contribution is 5.93. The van der Waals surface area contributed by atoms with Gasteiger partial charge in [-0.3, -0.25) is 4.90 Å². The largest absolute Gasteiger partial charge is 0.330 e. The normalized spacial score (nSPS) is 15.8. The van der Waals surface area contributed by atoms with Gasteiger partial charge in [0, 0.05) is 53.9 Å². The van der Waals surface area contributed by atoms with Crippen LogP contribution in [-0.2, 0) is 0 Å². The molecular weight excluding hydrogens is 256 g/mol. The predicted molar refractivity (Wildman–Crippen MR) is 79.7 cm³/mol. The molecule has 0 bridgehead atoms. The number of hydrogen-bond acceptors (Lipinski definition) is 3. The SMILES string of the molecule is CC(C)=CCN1CCN(C(=O)N(C)C(=O)N(C)C)CC1. The fourth-order valence-corrected chi connectivity index (χ4v) is 2.03. The van der Waals surface area contributed by atoms with Gasteiger partial charge < -0.3 is 9.80 Å². The summed E-state index contributed by atoms with van der Waals surface area (Å²) in [4.78, 5) is 30.6. The van der Waals surface area contributed by atoms with Gasteiger partial charge in [0.05, 0.1) is 0 Å². The van der Waals surface area contributed by atoms with Crippen molar-refractivity contribution in [1.29, 1.82) is 0 Å². The first-order chi connectivity index (χ1) is 9.32. The van der Waals surface area contributed by atoms with E-state index in [1.54, 1.807) is 19.0 Å². The summed E-state index contributed by atoms with van der Waals surface area (Å²) in [7, 11) is 4.81. The highest BCUT2D eigenvalue weighted by atomic mass is 16.2. The van der Waals surface area contributed by atoms with Crippen LogP contribution in [0.1, 0.15) is 13.8 Å². The molecule has 0 saturated carbocycles. The van der Waals surface area contributed by atoms with Crippen LogP contribution in [0.3, 0.4) is 0 Å². The minimum Gasteiger partial charge on any atom is -0.330 e. The topological polar surface area (TPSA) is 47.1 Å². The molecule has 6 nitrogen and oxygen atoms in total. The van der Waals surface area contributed by atoms with E-state index in [9.17, 15) is 9.59 Å². The molecule has 20 heavy (non-hydrogen) atoms. The summed E-state index contributed by atoms with van der Waals surface area (Å²) in [5, 5.41) is 0. The van der Waals surface area contributed by atoms with Gasteiger partial charge in [0.1, 0.15) is 0 Å². The number of amides is 4. The number of carbonyl (C=O) groups is 2. The van der Waals surface area contributed by atoms with E-state index in [1.165, 1.54) is 22.4 Å². The molecule has 0 spiro atoms. The maximum Gasteiger partial charge on any atom is 0.327 e. The third-order valence-corrected chi connectivity index (χ3v) is 3.36. The number of rotatable bonds is 2. The van der Waals surface area contributed by atoms with Crippen molar-refractivity contribution in [3.8, 4) is 0 Å². The number of hydrogen-bond donors (Lipinski definition) is 0. The number of allylic oxidation sites excluding steroid dienone is 1. The van der Waals surface area contributed by atoms with Crippen LogP contribution in [0.5, 0.6) is 0 Å². The lowest BCUT2D eigenvalue weighted by molar-refractivity contribution is 0.122. The Morgan fingerprint density at radius 2 is 1.60 bits per heavy atom. The van der Waals surface area contributed by atoms with Crippen molar-refractivity contribution in [3.63, 3.8) is 0 Å². The third-order valence-electron chi connectivity index (χ3n) is 3.36. The van der Waals surface area contributed by atoms with Crippen molar-refractivity contribution in [1.82, 2.24) is 19.6 Å². The molecule has 1 aliphatic heterocycles. The number of piperazine rings is 1. The molecule has 1 heterocycles. The van der Waals surface area contributed by atoms with E-state index >= 15 is 0 Å². The first-order valence-corrected chi connectivity index (χ1v) is 6.92. The minimum absolute atomic E-state index is 0.217. The van der Waals surface area contributed by atoms with Crippen molar-refractivity contribution >= 4 is 12.1 Å². The molecule has 0 aromatic carbocycles. The second-order valence-electron chi connectivity index (χ2n) is 5.59. The van der Waals surface area contributed by atoms with Crippen molar-refractivity contribution in [2.75, 3.05) is 53.9 Å². The Labute approximate surface area is 121 Å². The third kappa shape index (κ3) is 4.52. The van der Waals surface area contributed by atoms with Crippen LogP contribution in [-0.4, -0.2) is 85.5 Å². The zero-order valence-electron chi connectivity index (χ0n) is 13.2. The van der Waals surface area contributed by atoms with Gasteiger partial charge in [-0.15, -0.1) is 0 Å². The second-order valence-corrected chi connectivity index (χ2v) is 5.59. The van der Waals surface area contributed by atoms with Crippen LogP contribution in [0.25, 0.3) is 0 Å². The fourth-order valence-electron chi connectivity index (χ4n) is 2.03. The predicted octanol–water partition coefficient (Wildman–Crippen LogP) is 1.30. The van der Waals surface area contributed by atoms with Gasteiger partial charge in [0.15, 0.2) is 0 Å². The molecule has 6 heteroatoms. The van der Waals surface area contributed by atoms with Gasteiger partial charge in [-0.05, 0) is 13.8 Å². The van der Waals surface area contributed by atoms with Gasteiger partial charge in [-0.25, -0.2) is 14.5 Å². The van der Waals surface area contributed by atoms with Crippen molar-refractivity contribution < 1.29 is 9.59 Å². The van der Waals surface area contributed by atoms with E-state index < -0.39 is 0 Å². The molecule has 0 atom stereocenters. The van der Waals surface area contributed by atoms with Crippen LogP contribution in [0, 0.1) is 0 Å². The van der Waals surface area contributed by atoms with Gasteiger partial charge in [-0.2, -0.15) is 0 Å². The number of nitrogens with zero attached hydrogens (tertiary/aromatic N) is 4. The summed E-state index contributed by atoms with van der Waals surface area (Å²) in [6, 6.07) is -0.507. The lowest BCUT2D eigenvalue weighted by Gasteiger charge is -2.36. The van der Waals surface area contributed by atoms with E-state index in [2.05, 4.69) is 24.8 Å². The van der Waals surface area contributed by atoms with Crippen molar-refractivity contribution in [2.45, 2.75) is 13.8 Å². The molecule has 0 unspecified atom stereocenters. The molecule has 1 rings (SSSR count). The molecule has 0 radical (unpaired) electrons. The lowest BCUT2D eigenvalue weighted by Crippen LogP contribution is -2.54. The Morgan fingerprint density at radius 1 is 1.05 bits per heavy atom. The highest BCUT2D eigenvalue weighted by Crippen LogP contribution is 2.06. The minimum atomic E-state index is -0.290. The van der Waals surface area contributed by atoms with Crippen LogP contribution in [0.15, 0.2) is 11.6 Å². The van der Waals surface area contributed by atoms with Crippen LogP contribution >= 0.6 is 0 Å². The Morgan fingerprint density at radius 3 is 2.05 bits per heavy atom. The van der Waals surface area contributed by atoms with Crippen LogP contribution < -0.4 is 0 Å². The molecule has 0 aliphatic carbocycles. The second kappa shape index (κ2) is 7.28. The summed E-state index contributed by atoms with van der Waals surface area (Å²) in [6.07, 6.45) is 2.19. The molecule has 4 amide bonds. The number of urea groups is 2. The van der Waals surface area contributed by atoms with E-state index in [1.807, 2.05) is 0 Å². The average molecular weight is 282 g/mol. The molecular formula is C14H26N4O2. The van der Waals surface area contributed by atoms with E-state index in [4.69, 9.17) is 0 Å². The number of carbonyl (C=O) groups excluding carboxylic acids is 2. The Hall–Kier alpha value is -1.56. The standard InChI is InChI=1S/C14H26N4O2/c1-12(2)6-7-17-8-10-18(11-9-17)14(20)16(5)13(19)15(3)4/h6H,7-11H2,1-5H3. The van der Waals surface area contributed by atoms with Crippen LogP contribution in [0.2, 0.25) is 0 Å². The first-order valence-electron chi connectivity index (χ1n) is 6.92. The fraction of sp³-hybridized carbons (Fsp3) is 0.714. The first kappa shape index (κ1) is 16.5.